The van der Waals surface area contributed by atoms with Crippen LogP contribution in [0.4, 0.5) is 0 Å². The van der Waals surface area contributed by atoms with Crippen molar-refractivity contribution in [3.8, 4) is 0 Å². The van der Waals surface area contributed by atoms with Gasteiger partial charge in [-0.1, -0.05) is 6.07 Å². The maximum atomic E-state index is 12.3. The lowest BCUT2D eigenvalue weighted by Gasteiger charge is -2.40. The highest BCUT2D eigenvalue weighted by molar-refractivity contribution is 5.77. The summed E-state index contributed by atoms with van der Waals surface area (Å²) >= 11 is 0. The van der Waals surface area contributed by atoms with E-state index < -0.39 is 0 Å². The van der Waals surface area contributed by atoms with Crippen LogP contribution in [0.5, 0.6) is 0 Å². The Kier molecular flexibility index (Phi) is 4.22. The van der Waals surface area contributed by atoms with Gasteiger partial charge < -0.3 is 10.6 Å². The Hall–Kier alpha value is -1.46. The quantitative estimate of drug-likeness (QED) is 0.898. The topological polar surface area (TPSA) is 62.5 Å². The lowest BCUT2D eigenvalue weighted by atomic mass is 9.75. The van der Waals surface area contributed by atoms with Crippen molar-refractivity contribution in [1.82, 2.24) is 14.8 Å². The molecule has 1 aliphatic heterocycles. The predicted molar refractivity (Wildman–Crippen MR) is 81.5 cm³/mol. The van der Waals surface area contributed by atoms with Crippen LogP contribution in [-0.2, 0) is 11.3 Å². The predicted octanol–water partition coefficient (Wildman–Crippen LogP) is 0.997. The van der Waals surface area contributed by atoms with Crippen LogP contribution >= 0.6 is 0 Å². The van der Waals surface area contributed by atoms with Gasteiger partial charge in [0.1, 0.15) is 0 Å². The standard InChI is InChI=1S/C16H24N4O/c17-16(4-2-5-16)11-15(21)20-9-7-19(8-10-20)13-14-3-1-6-18-12-14/h1,3,6,12H,2,4-5,7-11,13,17H2. The molecule has 1 aliphatic carbocycles. The van der Waals surface area contributed by atoms with Gasteiger partial charge in [0, 0.05) is 57.1 Å². The molecule has 114 valence electrons. The van der Waals surface area contributed by atoms with Crippen molar-refractivity contribution in [3.63, 3.8) is 0 Å². The summed E-state index contributed by atoms with van der Waals surface area (Å²) < 4.78 is 0. The number of nitrogens with zero attached hydrogens (tertiary/aromatic N) is 3. The molecule has 5 heteroatoms. The Morgan fingerprint density at radius 2 is 2.05 bits per heavy atom. The van der Waals surface area contributed by atoms with Crippen LogP contribution in [0.2, 0.25) is 0 Å². The molecule has 2 heterocycles. The van der Waals surface area contributed by atoms with E-state index in [1.807, 2.05) is 17.2 Å². The minimum atomic E-state index is -0.204. The minimum absolute atomic E-state index is 0.204. The van der Waals surface area contributed by atoms with Crippen molar-refractivity contribution in [2.24, 2.45) is 5.73 Å². The normalized spacial score (nSPS) is 21.9. The Bertz CT molecular complexity index is 478. The van der Waals surface area contributed by atoms with Gasteiger partial charge in [-0.25, -0.2) is 0 Å². The van der Waals surface area contributed by atoms with Gasteiger partial charge in [-0.05, 0) is 30.9 Å². The molecular formula is C16H24N4O. The van der Waals surface area contributed by atoms with E-state index in [9.17, 15) is 4.79 Å². The molecule has 5 nitrogen and oxygen atoms in total. The van der Waals surface area contributed by atoms with Gasteiger partial charge in [0.2, 0.25) is 5.91 Å². The van der Waals surface area contributed by atoms with Crippen LogP contribution in [0.1, 0.15) is 31.2 Å². The fourth-order valence-electron chi connectivity index (χ4n) is 3.13. The van der Waals surface area contributed by atoms with Crippen LogP contribution in [0.3, 0.4) is 0 Å². The van der Waals surface area contributed by atoms with Crippen molar-refractivity contribution in [1.29, 1.82) is 0 Å². The number of carbonyl (C=O) groups excluding carboxylic acids is 1. The lowest BCUT2D eigenvalue weighted by molar-refractivity contribution is -0.135. The average Bonchev–Trinajstić information content (AvgIpc) is 2.47. The number of amides is 1. The molecule has 3 rings (SSSR count). The molecule has 1 aromatic rings. The zero-order chi connectivity index (χ0) is 14.7. The second-order valence-corrected chi connectivity index (χ2v) is 6.41. The van der Waals surface area contributed by atoms with Crippen molar-refractivity contribution < 1.29 is 4.79 Å². The summed E-state index contributed by atoms with van der Waals surface area (Å²) in [6.07, 6.45) is 7.40. The number of carbonyl (C=O) groups is 1. The Morgan fingerprint density at radius 1 is 1.29 bits per heavy atom. The third-order valence-corrected chi connectivity index (χ3v) is 4.71. The maximum Gasteiger partial charge on any atom is 0.224 e. The molecule has 2 aliphatic rings. The van der Waals surface area contributed by atoms with Gasteiger partial charge in [-0.15, -0.1) is 0 Å². The lowest BCUT2D eigenvalue weighted by Crippen LogP contribution is -2.54. The fraction of sp³-hybridized carbons (Fsp3) is 0.625. The minimum Gasteiger partial charge on any atom is -0.340 e. The molecular weight excluding hydrogens is 264 g/mol. The number of nitrogens with two attached hydrogens (primary N) is 1. The largest absolute Gasteiger partial charge is 0.340 e. The van der Waals surface area contributed by atoms with Crippen molar-refractivity contribution in [2.45, 2.75) is 37.8 Å². The molecule has 21 heavy (non-hydrogen) atoms. The van der Waals surface area contributed by atoms with Gasteiger partial charge in [0.25, 0.3) is 0 Å². The Labute approximate surface area is 126 Å². The molecule has 0 aromatic carbocycles. The van der Waals surface area contributed by atoms with Gasteiger partial charge in [0.05, 0.1) is 0 Å². The summed E-state index contributed by atoms with van der Waals surface area (Å²) in [7, 11) is 0. The van der Waals surface area contributed by atoms with Gasteiger partial charge in [-0.3, -0.25) is 14.7 Å². The Morgan fingerprint density at radius 3 is 2.62 bits per heavy atom. The summed E-state index contributed by atoms with van der Waals surface area (Å²) in [5, 5.41) is 0. The van der Waals surface area contributed by atoms with Crippen LogP contribution in [-0.4, -0.2) is 52.4 Å². The van der Waals surface area contributed by atoms with Crippen molar-refractivity contribution >= 4 is 5.91 Å². The van der Waals surface area contributed by atoms with E-state index in [2.05, 4.69) is 16.0 Å². The fourth-order valence-corrected chi connectivity index (χ4v) is 3.13. The number of pyridine rings is 1. The summed E-state index contributed by atoms with van der Waals surface area (Å²) in [6.45, 7) is 4.40. The molecule has 1 saturated heterocycles. The first-order valence-electron chi connectivity index (χ1n) is 7.83. The molecule has 1 aromatic heterocycles. The molecule has 0 unspecified atom stereocenters. The number of rotatable bonds is 4. The number of aromatic nitrogens is 1. The molecule has 1 amide bonds. The van der Waals surface area contributed by atoms with E-state index >= 15 is 0 Å². The summed E-state index contributed by atoms with van der Waals surface area (Å²) in [5.41, 5.74) is 7.20. The van der Waals surface area contributed by atoms with Crippen LogP contribution in [0, 0.1) is 0 Å². The molecule has 2 fully saturated rings. The summed E-state index contributed by atoms with van der Waals surface area (Å²) in [5.74, 6) is 0.234. The monoisotopic (exact) mass is 288 g/mol. The third kappa shape index (κ3) is 3.60. The van der Waals surface area contributed by atoms with E-state index in [1.165, 1.54) is 12.0 Å². The smallest absolute Gasteiger partial charge is 0.224 e. The van der Waals surface area contributed by atoms with E-state index in [-0.39, 0.29) is 11.4 Å². The SMILES string of the molecule is NC1(CC(=O)N2CCN(Cc3cccnc3)CC2)CCC1. The Balaban J connectivity index is 1.45. The molecule has 0 radical (unpaired) electrons. The number of hydrogen-bond acceptors (Lipinski definition) is 4. The molecule has 2 N–H and O–H groups in total. The highest BCUT2D eigenvalue weighted by Crippen LogP contribution is 2.32. The maximum absolute atomic E-state index is 12.3. The van der Waals surface area contributed by atoms with Gasteiger partial charge in [0.15, 0.2) is 0 Å². The van der Waals surface area contributed by atoms with Crippen molar-refractivity contribution in [2.75, 3.05) is 26.2 Å². The van der Waals surface area contributed by atoms with Crippen LogP contribution in [0.25, 0.3) is 0 Å². The first-order valence-corrected chi connectivity index (χ1v) is 7.83. The molecule has 0 spiro atoms. The van der Waals surface area contributed by atoms with E-state index in [4.69, 9.17) is 5.73 Å². The summed E-state index contributed by atoms with van der Waals surface area (Å²) in [6, 6.07) is 4.06. The average molecular weight is 288 g/mol. The molecule has 0 atom stereocenters. The zero-order valence-corrected chi connectivity index (χ0v) is 12.5. The van der Waals surface area contributed by atoms with Gasteiger partial charge >= 0.3 is 0 Å². The number of piperazine rings is 1. The first-order chi connectivity index (χ1) is 10.1. The zero-order valence-electron chi connectivity index (χ0n) is 12.5. The third-order valence-electron chi connectivity index (χ3n) is 4.71. The highest BCUT2D eigenvalue weighted by atomic mass is 16.2. The highest BCUT2D eigenvalue weighted by Gasteiger charge is 2.36. The first kappa shape index (κ1) is 14.5. The second-order valence-electron chi connectivity index (χ2n) is 6.41. The van der Waals surface area contributed by atoms with Gasteiger partial charge in [-0.2, -0.15) is 0 Å². The van der Waals surface area contributed by atoms with Crippen LogP contribution < -0.4 is 5.73 Å². The van der Waals surface area contributed by atoms with Crippen LogP contribution in [0.15, 0.2) is 24.5 Å². The van der Waals surface area contributed by atoms with Crippen molar-refractivity contribution in [3.05, 3.63) is 30.1 Å². The van der Waals surface area contributed by atoms with E-state index in [0.29, 0.717) is 6.42 Å². The van der Waals surface area contributed by atoms with E-state index in [1.54, 1.807) is 6.20 Å². The molecule has 1 saturated carbocycles. The van der Waals surface area contributed by atoms with E-state index in [0.717, 1.165) is 45.6 Å². The number of hydrogen-bond donors (Lipinski definition) is 1. The second kappa shape index (κ2) is 6.12. The summed E-state index contributed by atoms with van der Waals surface area (Å²) in [4.78, 5) is 20.8. The molecule has 0 bridgehead atoms.